The van der Waals surface area contributed by atoms with Crippen molar-refractivity contribution in [1.82, 2.24) is 4.98 Å². The Bertz CT molecular complexity index is 246. The number of esters is 1. The first-order valence-corrected chi connectivity index (χ1v) is 3.82. The Morgan fingerprint density at radius 3 is 3.00 bits per heavy atom. The highest BCUT2D eigenvalue weighted by atomic mass is 16.5. The largest absolute Gasteiger partial charge is 0.465 e. The minimum absolute atomic E-state index is 0.245. The van der Waals surface area contributed by atoms with Gasteiger partial charge >= 0.3 is 5.97 Å². The molecule has 0 aliphatic carbocycles. The van der Waals surface area contributed by atoms with Crippen molar-refractivity contribution < 1.29 is 9.53 Å². The number of hydrogen-bond donors (Lipinski definition) is 0. The zero-order chi connectivity index (χ0) is 8.81. The van der Waals surface area contributed by atoms with E-state index in [0.717, 1.165) is 5.69 Å². The van der Waals surface area contributed by atoms with Gasteiger partial charge in [0.2, 0.25) is 0 Å². The number of carbonyl (C=O) groups excluding carboxylic acids is 1. The quantitative estimate of drug-likeness (QED) is 0.631. The van der Waals surface area contributed by atoms with Gasteiger partial charge < -0.3 is 4.74 Å². The lowest BCUT2D eigenvalue weighted by atomic mass is 10.3. The first-order chi connectivity index (χ1) is 5.79. The number of ether oxygens (including phenoxy) is 1. The summed E-state index contributed by atoms with van der Waals surface area (Å²) in [5, 5.41) is 0. The fraction of sp³-hybridized carbons (Fsp3) is 0.333. The predicted octanol–water partition coefficient (Wildman–Crippen LogP) is 1.19. The van der Waals surface area contributed by atoms with Crippen molar-refractivity contribution in [3.8, 4) is 0 Å². The smallest absolute Gasteiger partial charge is 0.302 e. The Hall–Kier alpha value is -1.38. The fourth-order valence-electron chi connectivity index (χ4n) is 0.845. The molecule has 0 aliphatic heterocycles. The van der Waals surface area contributed by atoms with Gasteiger partial charge in [-0.2, -0.15) is 0 Å². The van der Waals surface area contributed by atoms with E-state index in [-0.39, 0.29) is 5.97 Å². The SMILES string of the molecule is CC(=O)OCCc1ccccn1. The molecule has 0 aromatic carbocycles. The Labute approximate surface area is 71.4 Å². The maximum atomic E-state index is 10.4. The zero-order valence-corrected chi connectivity index (χ0v) is 6.99. The van der Waals surface area contributed by atoms with Crippen LogP contribution in [0.5, 0.6) is 0 Å². The molecule has 0 amide bonds. The van der Waals surface area contributed by atoms with Gasteiger partial charge in [-0.05, 0) is 12.1 Å². The lowest BCUT2D eigenvalue weighted by molar-refractivity contribution is -0.140. The van der Waals surface area contributed by atoms with Gasteiger partial charge in [-0.25, -0.2) is 0 Å². The zero-order valence-electron chi connectivity index (χ0n) is 6.99. The number of pyridine rings is 1. The van der Waals surface area contributed by atoms with Crippen LogP contribution in [-0.2, 0) is 16.0 Å². The third kappa shape index (κ3) is 3.14. The lowest BCUT2D eigenvalue weighted by Gasteiger charge is -2.00. The summed E-state index contributed by atoms with van der Waals surface area (Å²) in [6.07, 6.45) is 2.41. The second kappa shape index (κ2) is 4.49. The fourth-order valence-corrected chi connectivity index (χ4v) is 0.845. The first-order valence-electron chi connectivity index (χ1n) is 3.82. The van der Waals surface area contributed by atoms with Gasteiger partial charge in [0.15, 0.2) is 0 Å². The van der Waals surface area contributed by atoms with Crippen LogP contribution in [0, 0.1) is 0 Å². The predicted molar refractivity (Wildman–Crippen MR) is 44.6 cm³/mol. The summed E-state index contributed by atoms with van der Waals surface area (Å²) in [7, 11) is 0. The highest BCUT2D eigenvalue weighted by Crippen LogP contribution is 1.94. The van der Waals surface area contributed by atoms with Gasteiger partial charge in [0.05, 0.1) is 6.61 Å². The van der Waals surface area contributed by atoms with Crippen molar-refractivity contribution in [1.29, 1.82) is 0 Å². The standard InChI is InChI=1S/C9H11NO2/c1-8(11)12-7-5-9-4-2-3-6-10-9/h2-4,6H,5,7H2,1H3. The Morgan fingerprint density at radius 1 is 1.58 bits per heavy atom. The normalized spacial score (nSPS) is 9.42. The number of rotatable bonds is 3. The molecular formula is C9H11NO2. The highest BCUT2D eigenvalue weighted by molar-refractivity contribution is 5.65. The summed E-state index contributed by atoms with van der Waals surface area (Å²) in [4.78, 5) is 14.5. The minimum Gasteiger partial charge on any atom is -0.465 e. The van der Waals surface area contributed by atoms with Gasteiger partial charge in [0.25, 0.3) is 0 Å². The third-order valence-electron chi connectivity index (χ3n) is 1.39. The van der Waals surface area contributed by atoms with Crippen molar-refractivity contribution in [2.45, 2.75) is 13.3 Å². The van der Waals surface area contributed by atoms with Crippen LogP contribution in [0.25, 0.3) is 0 Å². The maximum Gasteiger partial charge on any atom is 0.302 e. The van der Waals surface area contributed by atoms with Crippen LogP contribution >= 0.6 is 0 Å². The van der Waals surface area contributed by atoms with E-state index in [9.17, 15) is 4.79 Å². The van der Waals surface area contributed by atoms with Gasteiger partial charge in [0.1, 0.15) is 0 Å². The third-order valence-corrected chi connectivity index (χ3v) is 1.39. The van der Waals surface area contributed by atoms with Crippen LogP contribution in [0.4, 0.5) is 0 Å². The molecule has 64 valence electrons. The summed E-state index contributed by atoms with van der Waals surface area (Å²) >= 11 is 0. The molecule has 12 heavy (non-hydrogen) atoms. The molecule has 1 heterocycles. The summed E-state index contributed by atoms with van der Waals surface area (Å²) in [6, 6.07) is 5.68. The molecule has 1 aromatic rings. The molecule has 3 nitrogen and oxygen atoms in total. The van der Waals surface area contributed by atoms with Crippen LogP contribution < -0.4 is 0 Å². The monoisotopic (exact) mass is 165 g/mol. The number of hydrogen-bond acceptors (Lipinski definition) is 3. The highest BCUT2D eigenvalue weighted by Gasteiger charge is 1.94. The van der Waals surface area contributed by atoms with E-state index in [1.165, 1.54) is 6.92 Å². The molecule has 0 radical (unpaired) electrons. The number of aromatic nitrogens is 1. The molecule has 3 heteroatoms. The average molecular weight is 165 g/mol. The molecule has 1 rings (SSSR count). The van der Waals surface area contributed by atoms with Crippen LogP contribution in [0.2, 0.25) is 0 Å². The number of nitrogens with zero attached hydrogens (tertiary/aromatic N) is 1. The number of carbonyl (C=O) groups is 1. The molecular weight excluding hydrogens is 154 g/mol. The van der Waals surface area contributed by atoms with E-state index in [1.807, 2.05) is 18.2 Å². The average Bonchev–Trinajstić information content (AvgIpc) is 2.05. The molecule has 0 fully saturated rings. The van der Waals surface area contributed by atoms with E-state index in [1.54, 1.807) is 6.20 Å². The Balaban J connectivity index is 2.29. The van der Waals surface area contributed by atoms with Crippen LogP contribution in [0.1, 0.15) is 12.6 Å². The molecule has 0 saturated heterocycles. The molecule has 0 unspecified atom stereocenters. The topological polar surface area (TPSA) is 39.2 Å². The van der Waals surface area contributed by atoms with E-state index in [4.69, 9.17) is 4.74 Å². The summed E-state index contributed by atoms with van der Waals surface area (Å²) in [6.45, 7) is 1.81. The molecule has 0 N–H and O–H groups in total. The van der Waals surface area contributed by atoms with Crippen molar-refractivity contribution in [3.05, 3.63) is 30.1 Å². The van der Waals surface area contributed by atoms with Crippen molar-refractivity contribution in [3.63, 3.8) is 0 Å². The van der Waals surface area contributed by atoms with E-state index in [2.05, 4.69) is 4.98 Å². The summed E-state index contributed by atoms with van der Waals surface area (Å²) in [5.74, 6) is -0.245. The minimum atomic E-state index is -0.245. The van der Waals surface area contributed by atoms with E-state index >= 15 is 0 Å². The van der Waals surface area contributed by atoms with Gasteiger partial charge in [0, 0.05) is 25.2 Å². The van der Waals surface area contributed by atoms with Crippen LogP contribution in [-0.4, -0.2) is 17.6 Å². The van der Waals surface area contributed by atoms with Crippen molar-refractivity contribution in [2.24, 2.45) is 0 Å². The molecule has 0 aliphatic rings. The van der Waals surface area contributed by atoms with Crippen molar-refractivity contribution >= 4 is 5.97 Å². The first kappa shape index (κ1) is 8.71. The maximum absolute atomic E-state index is 10.4. The molecule has 0 saturated carbocycles. The molecule has 1 aromatic heterocycles. The molecule has 0 bridgehead atoms. The van der Waals surface area contributed by atoms with Crippen LogP contribution in [0.15, 0.2) is 24.4 Å². The Morgan fingerprint density at radius 2 is 2.42 bits per heavy atom. The van der Waals surface area contributed by atoms with E-state index < -0.39 is 0 Å². The molecule has 0 atom stereocenters. The Kier molecular flexibility index (Phi) is 3.26. The second-order valence-electron chi connectivity index (χ2n) is 2.41. The van der Waals surface area contributed by atoms with Gasteiger partial charge in [-0.15, -0.1) is 0 Å². The van der Waals surface area contributed by atoms with Gasteiger partial charge in [-0.1, -0.05) is 6.07 Å². The lowest BCUT2D eigenvalue weighted by Crippen LogP contribution is -2.03. The van der Waals surface area contributed by atoms with Crippen LogP contribution in [0.3, 0.4) is 0 Å². The summed E-state index contributed by atoms with van der Waals surface area (Å²) < 4.78 is 4.77. The molecule has 0 spiro atoms. The van der Waals surface area contributed by atoms with E-state index in [0.29, 0.717) is 13.0 Å². The van der Waals surface area contributed by atoms with Gasteiger partial charge in [-0.3, -0.25) is 9.78 Å². The second-order valence-corrected chi connectivity index (χ2v) is 2.41. The van der Waals surface area contributed by atoms with Crippen molar-refractivity contribution in [2.75, 3.05) is 6.61 Å². The summed E-state index contributed by atoms with van der Waals surface area (Å²) in [5.41, 5.74) is 0.943.